The van der Waals surface area contributed by atoms with Crippen LogP contribution in [0.2, 0.25) is 0 Å². The first kappa shape index (κ1) is 16.4. The second-order valence-corrected chi connectivity index (χ2v) is 6.16. The lowest BCUT2D eigenvalue weighted by Crippen LogP contribution is -2.25. The van der Waals surface area contributed by atoms with Crippen molar-refractivity contribution in [3.05, 3.63) is 64.8 Å². The molecule has 0 bridgehead atoms. The third kappa shape index (κ3) is 3.09. The number of rotatable bonds is 3. The van der Waals surface area contributed by atoms with E-state index in [1.54, 1.807) is 37.3 Å². The van der Waals surface area contributed by atoms with Crippen LogP contribution < -0.4 is 10.6 Å². The molecule has 0 aliphatic carbocycles. The van der Waals surface area contributed by atoms with Crippen molar-refractivity contribution in [1.82, 2.24) is 15.5 Å². The molecule has 2 N–H and O–H groups in total. The Labute approximate surface area is 149 Å². The second-order valence-electron chi connectivity index (χ2n) is 6.16. The SMILES string of the molecule is Cc1nc(-c2cccc(C(=O)Nc3ccc4c(c3F)CCNC4)c2)no1. The van der Waals surface area contributed by atoms with Crippen LogP contribution in [0.25, 0.3) is 11.4 Å². The second kappa shape index (κ2) is 6.68. The first-order chi connectivity index (χ1) is 12.6. The van der Waals surface area contributed by atoms with Crippen molar-refractivity contribution in [3.63, 3.8) is 0 Å². The van der Waals surface area contributed by atoms with Crippen LogP contribution >= 0.6 is 0 Å². The summed E-state index contributed by atoms with van der Waals surface area (Å²) in [5.41, 5.74) is 2.84. The lowest BCUT2D eigenvalue weighted by molar-refractivity contribution is 0.102. The third-order valence-corrected chi connectivity index (χ3v) is 4.37. The zero-order chi connectivity index (χ0) is 18.1. The summed E-state index contributed by atoms with van der Waals surface area (Å²) >= 11 is 0. The molecular formula is C19H17FN4O2. The number of hydrogen-bond donors (Lipinski definition) is 2. The summed E-state index contributed by atoms with van der Waals surface area (Å²) in [6.07, 6.45) is 0.609. The minimum absolute atomic E-state index is 0.191. The minimum atomic E-state index is -0.389. The fourth-order valence-corrected chi connectivity index (χ4v) is 3.04. The fourth-order valence-electron chi connectivity index (χ4n) is 3.04. The van der Waals surface area contributed by atoms with Crippen molar-refractivity contribution in [2.75, 3.05) is 11.9 Å². The molecule has 1 aliphatic rings. The molecule has 1 aliphatic heterocycles. The predicted octanol–water partition coefficient (Wildman–Crippen LogP) is 3.08. The maximum Gasteiger partial charge on any atom is 0.255 e. The Kier molecular flexibility index (Phi) is 4.22. The van der Waals surface area contributed by atoms with Gasteiger partial charge < -0.3 is 15.2 Å². The average Bonchev–Trinajstić information content (AvgIpc) is 3.11. The van der Waals surface area contributed by atoms with E-state index in [0.29, 0.717) is 41.4 Å². The molecule has 0 saturated carbocycles. The van der Waals surface area contributed by atoms with E-state index >= 15 is 0 Å². The third-order valence-electron chi connectivity index (χ3n) is 4.37. The summed E-state index contributed by atoms with van der Waals surface area (Å²) < 4.78 is 19.7. The number of nitrogens with one attached hydrogen (secondary N) is 2. The molecule has 26 heavy (non-hydrogen) atoms. The summed E-state index contributed by atoms with van der Waals surface area (Å²) in [5.74, 6) is 0.104. The normalized spacial score (nSPS) is 13.3. The van der Waals surface area contributed by atoms with E-state index < -0.39 is 0 Å². The summed E-state index contributed by atoms with van der Waals surface area (Å²) in [6.45, 7) is 3.07. The maximum atomic E-state index is 14.7. The first-order valence-electron chi connectivity index (χ1n) is 8.35. The molecule has 0 fully saturated rings. The molecule has 2 heterocycles. The summed E-state index contributed by atoms with van der Waals surface area (Å²) in [4.78, 5) is 16.7. The van der Waals surface area contributed by atoms with Crippen LogP contribution in [0.1, 0.15) is 27.4 Å². The van der Waals surface area contributed by atoms with Gasteiger partial charge in [-0.15, -0.1) is 0 Å². The fraction of sp³-hybridized carbons (Fsp3) is 0.211. The zero-order valence-corrected chi connectivity index (χ0v) is 14.2. The molecule has 0 radical (unpaired) electrons. The Morgan fingerprint density at radius 3 is 3.00 bits per heavy atom. The highest BCUT2D eigenvalue weighted by atomic mass is 19.1. The standard InChI is InChI=1S/C19H17FN4O2/c1-11-22-18(24-26-11)12-3-2-4-13(9-12)19(25)23-16-6-5-14-10-21-8-7-15(14)17(16)20/h2-6,9,21H,7-8,10H2,1H3,(H,23,25). The molecule has 0 spiro atoms. The molecule has 0 saturated heterocycles. The molecule has 0 atom stereocenters. The summed E-state index contributed by atoms with van der Waals surface area (Å²) in [6, 6.07) is 10.3. The van der Waals surface area contributed by atoms with Gasteiger partial charge >= 0.3 is 0 Å². The molecule has 2 aromatic carbocycles. The van der Waals surface area contributed by atoms with Gasteiger partial charge in [0.05, 0.1) is 5.69 Å². The number of nitrogens with zero attached hydrogens (tertiary/aromatic N) is 2. The predicted molar refractivity (Wildman–Crippen MR) is 94.2 cm³/mol. The largest absolute Gasteiger partial charge is 0.339 e. The molecular weight excluding hydrogens is 335 g/mol. The van der Waals surface area contributed by atoms with Crippen molar-refractivity contribution < 1.29 is 13.7 Å². The Balaban J connectivity index is 1.59. The number of hydrogen-bond acceptors (Lipinski definition) is 5. The highest BCUT2D eigenvalue weighted by Crippen LogP contribution is 2.25. The van der Waals surface area contributed by atoms with Gasteiger partial charge in [0.2, 0.25) is 11.7 Å². The Hall–Kier alpha value is -3.06. The van der Waals surface area contributed by atoms with E-state index in [0.717, 1.165) is 12.1 Å². The van der Waals surface area contributed by atoms with Gasteiger partial charge in [-0.25, -0.2) is 4.39 Å². The molecule has 3 aromatic rings. The van der Waals surface area contributed by atoms with E-state index in [1.807, 2.05) is 6.07 Å². The van der Waals surface area contributed by atoms with Crippen molar-refractivity contribution in [2.24, 2.45) is 0 Å². The van der Waals surface area contributed by atoms with Crippen molar-refractivity contribution >= 4 is 11.6 Å². The van der Waals surface area contributed by atoms with Gasteiger partial charge in [-0.3, -0.25) is 4.79 Å². The van der Waals surface area contributed by atoms with Crippen LogP contribution in [0.5, 0.6) is 0 Å². The highest BCUT2D eigenvalue weighted by Gasteiger charge is 2.18. The van der Waals surface area contributed by atoms with Crippen LogP contribution in [0, 0.1) is 12.7 Å². The van der Waals surface area contributed by atoms with Gasteiger partial charge in [0.25, 0.3) is 5.91 Å². The van der Waals surface area contributed by atoms with Crippen LogP contribution in [-0.4, -0.2) is 22.6 Å². The van der Waals surface area contributed by atoms with Gasteiger partial charge in [0, 0.05) is 24.6 Å². The molecule has 0 unspecified atom stereocenters. The molecule has 7 heteroatoms. The van der Waals surface area contributed by atoms with Crippen LogP contribution in [0.15, 0.2) is 40.9 Å². The molecule has 1 aromatic heterocycles. The van der Waals surface area contributed by atoms with Crippen LogP contribution in [0.3, 0.4) is 0 Å². The number of amides is 1. The number of benzene rings is 2. The van der Waals surface area contributed by atoms with E-state index in [1.165, 1.54) is 0 Å². The summed E-state index contributed by atoms with van der Waals surface area (Å²) in [7, 11) is 0. The van der Waals surface area contributed by atoms with Crippen LogP contribution in [0.4, 0.5) is 10.1 Å². The van der Waals surface area contributed by atoms with Crippen LogP contribution in [-0.2, 0) is 13.0 Å². The van der Waals surface area contributed by atoms with Gasteiger partial charge in [0.1, 0.15) is 5.82 Å². The highest BCUT2D eigenvalue weighted by molar-refractivity contribution is 6.05. The Bertz CT molecular complexity index is 983. The van der Waals surface area contributed by atoms with E-state index in [2.05, 4.69) is 20.8 Å². The lowest BCUT2D eigenvalue weighted by Gasteiger charge is -2.19. The van der Waals surface area contributed by atoms with Gasteiger partial charge in [-0.05, 0) is 42.3 Å². The van der Waals surface area contributed by atoms with Crippen molar-refractivity contribution in [2.45, 2.75) is 19.9 Å². The number of anilines is 1. The number of fused-ring (bicyclic) bond motifs is 1. The number of aromatic nitrogens is 2. The Morgan fingerprint density at radius 1 is 1.31 bits per heavy atom. The van der Waals surface area contributed by atoms with Crippen molar-refractivity contribution in [1.29, 1.82) is 0 Å². The quantitative estimate of drug-likeness (QED) is 0.757. The van der Waals surface area contributed by atoms with Gasteiger partial charge in [-0.1, -0.05) is 23.4 Å². The number of aryl methyl sites for hydroxylation is 1. The lowest BCUT2D eigenvalue weighted by atomic mass is 9.99. The minimum Gasteiger partial charge on any atom is -0.339 e. The molecule has 132 valence electrons. The van der Waals surface area contributed by atoms with Gasteiger partial charge in [0.15, 0.2) is 0 Å². The number of carbonyl (C=O) groups is 1. The smallest absolute Gasteiger partial charge is 0.255 e. The number of halogens is 1. The van der Waals surface area contributed by atoms with Gasteiger partial charge in [-0.2, -0.15) is 4.98 Å². The monoisotopic (exact) mass is 352 g/mol. The summed E-state index contributed by atoms with van der Waals surface area (Å²) in [5, 5.41) is 9.72. The van der Waals surface area contributed by atoms with Crippen molar-refractivity contribution in [3.8, 4) is 11.4 Å². The Morgan fingerprint density at radius 2 is 2.19 bits per heavy atom. The number of carbonyl (C=O) groups excluding carboxylic acids is 1. The molecule has 1 amide bonds. The first-order valence-corrected chi connectivity index (χ1v) is 8.35. The maximum absolute atomic E-state index is 14.7. The van der Waals surface area contributed by atoms with E-state index in [-0.39, 0.29) is 17.4 Å². The van der Waals surface area contributed by atoms with E-state index in [4.69, 9.17) is 4.52 Å². The van der Waals surface area contributed by atoms with E-state index in [9.17, 15) is 9.18 Å². The zero-order valence-electron chi connectivity index (χ0n) is 14.2. The molecule has 4 rings (SSSR count). The average molecular weight is 352 g/mol. The topological polar surface area (TPSA) is 80.0 Å². The molecule has 6 nitrogen and oxygen atoms in total.